The van der Waals surface area contributed by atoms with E-state index in [9.17, 15) is 5.11 Å². The Kier molecular flexibility index (Phi) is 6.46. The number of hydrazone groups is 1. The lowest BCUT2D eigenvalue weighted by Gasteiger charge is -2.10. The maximum absolute atomic E-state index is 9.57. The van der Waals surface area contributed by atoms with Crippen LogP contribution in [-0.4, -0.2) is 28.7 Å². The Morgan fingerprint density at radius 3 is 2.76 bits per heavy atom. The molecular weight excluding hydrogens is 238 g/mol. The first-order valence-corrected chi connectivity index (χ1v) is 6.17. The zero-order valence-corrected chi connectivity index (χ0v) is 10.3. The Hall–Kier alpha value is -1.24. The maximum atomic E-state index is 9.57. The SMILES string of the molecule is NN=C(N)SCC(O)COCc1ccccc1. The van der Waals surface area contributed by atoms with Crippen LogP contribution in [0.2, 0.25) is 0 Å². The summed E-state index contributed by atoms with van der Waals surface area (Å²) in [6.45, 7) is 0.753. The van der Waals surface area contributed by atoms with Crippen molar-refractivity contribution in [2.45, 2.75) is 12.7 Å². The summed E-state index contributed by atoms with van der Waals surface area (Å²) in [5, 5.41) is 13.1. The van der Waals surface area contributed by atoms with Crippen LogP contribution in [0.5, 0.6) is 0 Å². The number of benzene rings is 1. The van der Waals surface area contributed by atoms with Crippen molar-refractivity contribution < 1.29 is 9.84 Å². The number of ether oxygens (including phenoxy) is 1. The second kappa shape index (κ2) is 7.94. The molecule has 0 bridgehead atoms. The van der Waals surface area contributed by atoms with Crippen molar-refractivity contribution in [2.75, 3.05) is 12.4 Å². The van der Waals surface area contributed by atoms with Gasteiger partial charge in [0.1, 0.15) is 0 Å². The number of hydrogen-bond donors (Lipinski definition) is 3. The number of rotatable bonds is 6. The van der Waals surface area contributed by atoms with Crippen molar-refractivity contribution >= 4 is 16.9 Å². The Morgan fingerprint density at radius 1 is 1.41 bits per heavy atom. The van der Waals surface area contributed by atoms with Crippen LogP contribution in [0.4, 0.5) is 0 Å². The third-order valence-corrected chi connectivity index (χ3v) is 2.93. The summed E-state index contributed by atoms with van der Waals surface area (Å²) >= 11 is 1.20. The molecule has 0 fully saturated rings. The van der Waals surface area contributed by atoms with Crippen LogP contribution in [0.3, 0.4) is 0 Å². The van der Waals surface area contributed by atoms with Gasteiger partial charge in [-0.05, 0) is 5.56 Å². The molecular formula is C11H17N3O2S. The Balaban J connectivity index is 2.14. The molecule has 5 N–H and O–H groups in total. The van der Waals surface area contributed by atoms with Crippen LogP contribution in [0, 0.1) is 0 Å². The lowest BCUT2D eigenvalue weighted by molar-refractivity contribution is 0.0399. The van der Waals surface area contributed by atoms with Gasteiger partial charge < -0.3 is 21.4 Å². The third kappa shape index (κ3) is 6.15. The normalized spacial score (nSPS) is 13.6. The molecule has 1 unspecified atom stereocenters. The highest BCUT2D eigenvalue weighted by molar-refractivity contribution is 8.13. The molecule has 0 amide bonds. The first kappa shape index (κ1) is 13.8. The molecule has 17 heavy (non-hydrogen) atoms. The molecule has 1 atom stereocenters. The topological polar surface area (TPSA) is 93.9 Å². The summed E-state index contributed by atoms with van der Waals surface area (Å²) in [4.78, 5) is 0. The molecule has 1 aromatic carbocycles. The number of hydrogen-bond acceptors (Lipinski definition) is 5. The molecule has 94 valence electrons. The molecule has 0 saturated carbocycles. The molecule has 6 heteroatoms. The van der Waals surface area contributed by atoms with E-state index in [-0.39, 0.29) is 11.8 Å². The Bertz CT molecular complexity index is 346. The van der Waals surface area contributed by atoms with Crippen molar-refractivity contribution in [3.8, 4) is 0 Å². The van der Waals surface area contributed by atoms with E-state index in [4.69, 9.17) is 16.3 Å². The summed E-state index contributed by atoms with van der Waals surface area (Å²) in [6.07, 6.45) is -0.580. The van der Waals surface area contributed by atoms with E-state index in [1.54, 1.807) is 0 Å². The lowest BCUT2D eigenvalue weighted by atomic mass is 10.2. The van der Waals surface area contributed by atoms with E-state index in [1.165, 1.54) is 11.8 Å². The van der Waals surface area contributed by atoms with Gasteiger partial charge in [-0.2, -0.15) is 5.10 Å². The number of thioether (sulfide) groups is 1. The average molecular weight is 255 g/mol. The van der Waals surface area contributed by atoms with Gasteiger partial charge in [-0.25, -0.2) is 0 Å². The number of nitrogens with zero attached hydrogens (tertiary/aromatic N) is 1. The molecule has 0 spiro atoms. The molecule has 0 saturated heterocycles. The van der Waals surface area contributed by atoms with Gasteiger partial charge in [-0.15, -0.1) is 0 Å². The summed E-state index contributed by atoms with van der Waals surface area (Å²) in [6, 6.07) is 9.79. The van der Waals surface area contributed by atoms with E-state index < -0.39 is 6.10 Å². The van der Waals surface area contributed by atoms with E-state index in [0.717, 1.165) is 5.56 Å². The molecule has 0 heterocycles. The molecule has 0 aliphatic carbocycles. The second-order valence-electron chi connectivity index (χ2n) is 3.43. The standard InChI is InChI=1S/C11H17N3O2S/c12-11(14-13)17-8-10(15)7-16-6-9-4-2-1-3-5-9/h1-5,10,15H,6-8,13H2,(H2,12,14). The van der Waals surface area contributed by atoms with Crippen LogP contribution in [0.25, 0.3) is 0 Å². The van der Waals surface area contributed by atoms with Gasteiger partial charge in [0, 0.05) is 5.75 Å². The van der Waals surface area contributed by atoms with E-state index in [2.05, 4.69) is 5.10 Å². The fourth-order valence-corrected chi connectivity index (χ4v) is 1.69. The highest BCUT2D eigenvalue weighted by Crippen LogP contribution is 2.05. The van der Waals surface area contributed by atoms with Gasteiger partial charge in [0.05, 0.1) is 19.3 Å². The van der Waals surface area contributed by atoms with Crippen molar-refractivity contribution in [3.63, 3.8) is 0 Å². The Labute approximate surface area is 105 Å². The largest absolute Gasteiger partial charge is 0.390 e. The van der Waals surface area contributed by atoms with Crippen LogP contribution in [-0.2, 0) is 11.3 Å². The van der Waals surface area contributed by atoms with E-state index in [1.807, 2.05) is 30.3 Å². The summed E-state index contributed by atoms with van der Waals surface area (Å²) in [7, 11) is 0. The minimum Gasteiger partial charge on any atom is -0.390 e. The first-order valence-electron chi connectivity index (χ1n) is 5.18. The Morgan fingerprint density at radius 2 is 2.12 bits per heavy atom. The van der Waals surface area contributed by atoms with Gasteiger partial charge in [0.15, 0.2) is 5.17 Å². The minimum atomic E-state index is -0.580. The van der Waals surface area contributed by atoms with Gasteiger partial charge in [-0.1, -0.05) is 42.1 Å². The maximum Gasteiger partial charge on any atom is 0.177 e. The van der Waals surface area contributed by atoms with Crippen LogP contribution >= 0.6 is 11.8 Å². The smallest absolute Gasteiger partial charge is 0.177 e. The van der Waals surface area contributed by atoms with E-state index >= 15 is 0 Å². The molecule has 5 nitrogen and oxygen atoms in total. The first-order chi connectivity index (χ1) is 8.22. The second-order valence-corrected chi connectivity index (χ2v) is 4.47. The molecule has 1 rings (SSSR count). The van der Waals surface area contributed by atoms with E-state index in [0.29, 0.717) is 12.4 Å². The molecule has 0 aliphatic heterocycles. The van der Waals surface area contributed by atoms with Crippen LogP contribution < -0.4 is 11.6 Å². The van der Waals surface area contributed by atoms with Crippen molar-refractivity contribution in [1.29, 1.82) is 0 Å². The van der Waals surface area contributed by atoms with Gasteiger partial charge in [0.25, 0.3) is 0 Å². The minimum absolute atomic E-state index is 0.257. The molecule has 0 radical (unpaired) electrons. The van der Waals surface area contributed by atoms with Crippen molar-refractivity contribution in [3.05, 3.63) is 35.9 Å². The summed E-state index contributed by atoms with van der Waals surface area (Å²) in [5.74, 6) is 5.38. The zero-order chi connectivity index (χ0) is 12.5. The number of aliphatic hydroxyl groups is 1. The highest BCUT2D eigenvalue weighted by Gasteiger charge is 2.06. The number of aliphatic hydroxyl groups excluding tert-OH is 1. The predicted molar refractivity (Wildman–Crippen MR) is 70.4 cm³/mol. The van der Waals surface area contributed by atoms with Crippen molar-refractivity contribution in [1.82, 2.24) is 0 Å². The van der Waals surface area contributed by atoms with Crippen LogP contribution in [0.15, 0.2) is 35.4 Å². The number of nitrogens with two attached hydrogens (primary N) is 2. The fourth-order valence-electron chi connectivity index (χ4n) is 1.15. The van der Waals surface area contributed by atoms with Crippen LogP contribution in [0.1, 0.15) is 5.56 Å². The molecule has 0 aromatic heterocycles. The van der Waals surface area contributed by atoms with Gasteiger partial charge >= 0.3 is 0 Å². The third-order valence-electron chi connectivity index (χ3n) is 1.97. The zero-order valence-electron chi connectivity index (χ0n) is 9.45. The monoisotopic (exact) mass is 255 g/mol. The van der Waals surface area contributed by atoms with Gasteiger partial charge in [0.2, 0.25) is 0 Å². The number of amidine groups is 1. The predicted octanol–water partition coefficient (Wildman–Crippen LogP) is 0.486. The highest BCUT2D eigenvalue weighted by atomic mass is 32.2. The molecule has 0 aliphatic rings. The summed E-state index contributed by atoms with van der Waals surface area (Å²) in [5.41, 5.74) is 6.46. The summed E-state index contributed by atoms with van der Waals surface area (Å²) < 4.78 is 5.37. The fraction of sp³-hybridized carbons (Fsp3) is 0.364. The molecule has 1 aromatic rings. The quantitative estimate of drug-likeness (QED) is 0.297. The van der Waals surface area contributed by atoms with Crippen molar-refractivity contribution in [2.24, 2.45) is 16.7 Å². The average Bonchev–Trinajstić information content (AvgIpc) is 2.37. The lowest BCUT2D eigenvalue weighted by Crippen LogP contribution is -2.21. The van der Waals surface area contributed by atoms with Gasteiger partial charge in [-0.3, -0.25) is 0 Å².